The van der Waals surface area contributed by atoms with Crippen LogP contribution in [0.15, 0.2) is 83.8 Å². The van der Waals surface area contributed by atoms with Crippen molar-refractivity contribution in [3.05, 3.63) is 90.0 Å². The molecule has 0 heterocycles. The van der Waals surface area contributed by atoms with Gasteiger partial charge in [0.15, 0.2) is 0 Å². The minimum atomic E-state index is -3.88. The predicted molar refractivity (Wildman–Crippen MR) is 129 cm³/mol. The van der Waals surface area contributed by atoms with Gasteiger partial charge in [0.05, 0.1) is 11.5 Å². The number of carbonyl (C=O) groups excluding carboxylic acids is 1. The first-order valence-corrected chi connectivity index (χ1v) is 11.4. The van der Waals surface area contributed by atoms with Crippen molar-refractivity contribution in [1.82, 2.24) is 0 Å². The van der Waals surface area contributed by atoms with Gasteiger partial charge in [-0.25, -0.2) is 13.6 Å². The molecule has 0 saturated carbocycles. The van der Waals surface area contributed by atoms with Crippen LogP contribution in [0.5, 0.6) is 0 Å². The molecule has 9 heteroatoms. The van der Waals surface area contributed by atoms with E-state index in [-0.39, 0.29) is 23.2 Å². The van der Waals surface area contributed by atoms with Gasteiger partial charge < -0.3 is 15.8 Å². The Balaban J connectivity index is 1.82. The molecular formula is C24H24N4O4S. The van der Waals surface area contributed by atoms with Gasteiger partial charge in [-0.3, -0.25) is 10.2 Å². The van der Waals surface area contributed by atoms with Crippen LogP contribution >= 0.6 is 0 Å². The van der Waals surface area contributed by atoms with Gasteiger partial charge in [-0.2, -0.15) is 0 Å². The molecule has 0 unspecified atom stereocenters. The van der Waals surface area contributed by atoms with E-state index in [2.05, 4.69) is 5.32 Å². The molecule has 0 bridgehead atoms. The number of benzene rings is 3. The van der Waals surface area contributed by atoms with Gasteiger partial charge in [-0.15, -0.1) is 0 Å². The molecule has 0 aliphatic rings. The number of nitrogens with one attached hydrogen (secondary N) is 2. The van der Waals surface area contributed by atoms with Crippen LogP contribution in [0.1, 0.15) is 11.1 Å². The summed E-state index contributed by atoms with van der Waals surface area (Å²) in [6, 6.07) is 20.2. The minimum absolute atomic E-state index is 0.0294. The number of nitrogen functional groups attached to an aromatic ring is 1. The second-order valence-electron chi connectivity index (χ2n) is 7.20. The molecule has 0 saturated heterocycles. The molecule has 0 aliphatic heterocycles. The van der Waals surface area contributed by atoms with Crippen LogP contribution in [0, 0.1) is 5.41 Å². The maximum absolute atomic E-state index is 12.6. The van der Waals surface area contributed by atoms with Gasteiger partial charge >= 0.3 is 0 Å². The van der Waals surface area contributed by atoms with Crippen LogP contribution in [0.3, 0.4) is 0 Å². The number of ether oxygens (including phenoxy) is 1. The van der Waals surface area contributed by atoms with Crippen molar-refractivity contribution in [3.8, 4) is 11.1 Å². The first-order valence-electron chi connectivity index (χ1n) is 9.86. The third-order valence-corrected chi connectivity index (χ3v) is 5.78. The zero-order valence-corrected chi connectivity index (χ0v) is 18.7. The van der Waals surface area contributed by atoms with Crippen molar-refractivity contribution in [1.29, 1.82) is 5.41 Å². The second kappa shape index (κ2) is 10.2. The van der Waals surface area contributed by atoms with Crippen LogP contribution in [0.2, 0.25) is 0 Å². The van der Waals surface area contributed by atoms with E-state index in [0.29, 0.717) is 28.0 Å². The third kappa shape index (κ3) is 6.13. The molecule has 0 spiro atoms. The topological polar surface area (TPSA) is 148 Å². The molecular weight excluding hydrogens is 440 g/mol. The molecule has 8 nitrogen and oxygen atoms in total. The maximum atomic E-state index is 12.6. The van der Waals surface area contributed by atoms with E-state index in [9.17, 15) is 13.2 Å². The van der Waals surface area contributed by atoms with Gasteiger partial charge in [-0.05, 0) is 41.0 Å². The summed E-state index contributed by atoms with van der Waals surface area (Å²) in [4.78, 5) is 12.7. The lowest BCUT2D eigenvalue weighted by Gasteiger charge is -2.10. The summed E-state index contributed by atoms with van der Waals surface area (Å²) in [5.41, 5.74) is 9.10. The normalized spacial score (nSPS) is 11.8. The summed E-state index contributed by atoms with van der Waals surface area (Å²) in [5.74, 6) is -0.435. The number of amidine groups is 1. The van der Waals surface area contributed by atoms with E-state index >= 15 is 0 Å². The smallest absolute Gasteiger partial charge is 0.248 e. The van der Waals surface area contributed by atoms with Gasteiger partial charge in [0, 0.05) is 30.0 Å². The Bertz CT molecular complexity index is 1320. The van der Waals surface area contributed by atoms with Crippen LogP contribution in [0.4, 0.5) is 5.69 Å². The van der Waals surface area contributed by atoms with E-state index in [0.717, 1.165) is 5.56 Å². The van der Waals surface area contributed by atoms with E-state index in [1.165, 1.54) is 19.3 Å². The molecule has 1 amide bonds. The lowest BCUT2D eigenvalue weighted by Crippen LogP contribution is -2.13. The molecule has 0 fully saturated rings. The minimum Gasteiger partial charge on any atom is -0.384 e. The summed E-state index contributed by atoms with van der Waals surface area (Å²) in [6.07, 6.45) is 1.42. The number of nitrogens with two attached hydrogens (primary N) is 2. The van der Waals surface area contributed by atoms with Gasteiger partial charge in [0.2, 0.25) is 15.9 Å². The predicted octanol–water partition coefficient (Wildman–Crippen LogP) is 2.95. The highest BCUT2D eigenvalue weighted by molar-refractivity contribution is 7.89. The Morgan fingerprint density at radius 2 is 1.70 bits per heavy atom. The summed E-state index contributed by atoms with van der Waals surface area (Å²) >= 11 is 0. The van der Waals surface area contributed by atoms with Gasteiger partial charge in [-0.1, -0.05) is 48.5 Å². The Kier molecular flexibility index (Phi) is 7.39. The van der Waals surface area contributed by atoms with Crippen LogP contribution in [-0.4, -0.2) is 33.9 Å². The Morgan fingerprint density at radius 1 is 1.03 bits per heavy atom. The molecule has 3 rings (SSSR count). The first-order chi connectivity index (χ1) is 15.7. The first kappa shape index (κ1) is 23.9. The highest BCUT2D eigenvalue weighted by atomic mass is 32.2. The van der Waals surface area contributed by atoms with E-state index in [4.69, 9.17) is 21.0 Å². The Labute approximate surface area is 192 Å². The van der Waals surface area contributed by atoms with Crippen molar-refractivity contribution in [3.63, 3.8) is 0 Å². The highest BCUT2D eigenvalue weighted by Crippen LogP contribution is 2.27. The van der Waals surface area contributed by atoms with E-state index in [1.807, 2.05) is 6.07 Å². The number of hydrogen-bond donors (Lipinski definition) is 4. The quantitative estimate of drug-likeness (QED) is 0.230. The van der Waals surface area contributed by atoms with Crippen molar-refractivity contribution in [2.24, 2.45) is 10.9 Å². The van der Waals surface area contributed by atoms with Crippen LogP contribution < -0.4 is 16.2 Å². The lowest BCUT2D eigenvalue weighted by molar-refractivity contribution is -0.111. The molecule has 170 valence electrons. The number of hydrogen-bond acceptors (Lipinski definition) is 5. The molecule has 0 aromatic heterocycles. The van der Waals surface area contributed by atoms with Crippen molar-refractivity contribution in [2.45, 2.75) is 4.90 Å². The fourth-order valence-corrected chi connectivity index (χ4v) is 4.03. The molecule has 0 atom stereocenters. The average molecular weight is 465 g/mol. The van der Waals surface area contributed by atoms with Crippen molar-refractivity contribution < 1.29 is 17.9 Å². The number of anilines is 1. The Hall–Kier alpha value is -3.79. The summed E-state index contributed by atoms with van der Waals surface area (Å²) in [7, 11) is -2.35. The van der Waals surface area contributed by atoms with Crippen molar-refractivity contribution >= 4 is 33.0 Å². The number of methoxy groups -OCH3 is 1. The molecule has 6 N–H and O–H groups in total. The number of rotatable bonds is 8. The highest BCUT2D eigenvalue weighted by Gasteiger charge is 2.14. The van der Waals surface area contributed by atoms with E-state index in [1.54, 1.807) is 60.7 Å². The molecule has 0 radical (unpaired) electrons. The summed E-state index contributed by atoms with van der Waals surface area (Å²) in [6.45, 7) is 0.193. The van der Waals surface area contributed by atoms with Crippen molar-refractivity contribution in [2.75, 3.05) is 19.0 Å². The largest absolute Gasteiger partial charge is 0.384 e. The number of primary sulfonamides is 1. The maximum Gasteiger partial charge on any atom is 0.248 e. The van der Waals surface area contributed by atoms with E-state index < -0.39 is 10.0 Å². The molecule has 33 heavy (non-hydrogen) atoms. The summed E-state index contributed by atoms with van der Waals surface area (Å²) in [5, 5.41) is 15.7. The van der Waals surface area contributed by atoms with Crippen LogP contribution in [-0.2, 0) is 19.6 Å². The zero-order valence-electron chi connectivity index (χ0n) is 17.9. The number of amides is 1. The fourth-order valence-electron chi connectivity index (χ4n) is 3.27. The molecule has 3 aromatic rings. The SMILES string of the molecule is COC/C(=C/C(=O)Nc1ccc(-c2ccccc2S(N)(=O)=O)cc1)c1cccc(C(=N)N)c1. The Morgan fingerprint density at radius 3 is 2.33 bits per heavy atom. The number of sulfonamides is 1. The fraction of sp³-hybridized carbons (Fsp3) is 0.0833. The van der Waals surface area contributed by atoms with Crippen LogP contribution in [0.25, 0.3) is 16.7 Å². The second-order valence-corrected chi connectivity index (χ2v) is 8.73. The average Bonchev–Trinajstić information content (AvgIpc) is 2.79. The standard InChI is InChI=1S/C24H24N4O4S/c1-32-15-19(17-5-4-6-18(13-17)24(25)26)14-23(29)28-20-11-9-16(10-12-20)21-7-2-3-8-22(21)33(27,30)31/h2-14H,15H2,1H3,(H3,25,26)(H,28,29)(H2,27,30,31)/b19-14-. The monoisotopic (exact) mass is 464 g/mol. The lowest BCUT2D eigenvalue weighted by atomic mass is 10.0. The van der Waals surface area contributed by atoms with Gasteiger partial charge in [0.25, 0.3) is 0 Å². The third-order valence-electron chi connectivity index (χ3n) is 4.81. The van der Waals surface area contributed by atoms with Gasteiger partial charge in [0.1, 0.15) is 5.84 Å². The molecule has 3 aromatic carbocycles. The number of carbonyl (C=O) groups is 1. The molecule has 0 aliphatic carbocycles. The summed E-state index contributed by atoms with van der Waals surface area (Å²) < 4.78 is 28.9. The zero-order chi connectivity index (χ0) is 24.0.